The van der Waals surface area contributed by atoms with Crippen LogP contribution in [0.4, 0.5) is 18.9 Å². The molecule has 1 heterocycles. The molecule has 0 spiro atoms. The van der Waals surface area contributed by atoms with Crippen LogP contribution in [0.5, 0.6) is 0 Å². The Bertz CT molecular complexity index is 414. The third-order valence-electron chi connectivity index (χ3n) is 2.72. The molecule has 86 valence electrons. The minimum absolute atomic E-state index is 0.0540. The number of carbonyl (C=O) groups excluding carboxylic acids is 1. The summed E-state index contributed by atoms with van der Waals surface area (Å²) >= 11 is 0. The van der Waals surface area contributed by atoms with E-state index in [4.69, 9.17) is 0 Å². The van der Waals surface area contributed by atoms with E-state index in [1.54, 1.807) is 6.07 Å². The monoisotopic (exact) mass is 229 g/mol. The highest BCUT2D eigenvalue weighted by atomic mass is 19.4. The number of anilines is 1. The molecule has 1 unspecified atom stereocenters. The number of alkyl halides is 3. The minimum Gasteiger partial charge on any atom is -0.384 e. The van der Waals surface area contributed by atoms with E-state index < -0.39 is 17.7 Å². The van der Waals surface area contributed by atoms with Crippen molar-refractivity contribution in [2.75, 3.05) is 11.9 Å². The maximum atomic E-state index is 12.7. The third kappa shape index (κ3) is 1.77. The second-order valence-electron chi connectivity index (χ2n) is 3.73. The van der Waals surface area contributed by atoms with Gasteiger partial charge in [0.1, 0.15) is 6.29 Å². The predicted molar refractivity (Wildman–Crippen MR) is 53.4 cm³/mol. The molecule has 0 aliphatic carbocycles. The topological polar surface area (TPSA) is 29.1 Å². The van der Waals surface area contributed by atoms with Gasteiger partial charge in [0.05, 0.1) is 11.3 Å². The lowest BCUT2D eigenvalue weighted by molar-refractivity contribution is -0.137. The third-order valence-corrected chi connectivity index (χ3v) is 2.72. The van der Waals surface area contributed by atoms with Crippen LogP contribution in [0.15, 0.2) is 18.2 Å². The Balaban J connectivity index is 2.55. The summed E-state index contributed by atoms with van der Waals surface area (Å²) in [4.78, 5) is 10.8. The minimum atomic E-state index is -4.39. The van der Waals surface area contributed by atoms with E-state index in [9.17, 15) is 18.0 Å². The highest BCUT2D eigenvalue weighted by molar-refractivity contribution is 5.72. The molecule has 0 saturated carbocycles. The summed E-state index contributed by atoms with van der Waals surface area (Å²) in [6.07, 6.45) is -3.14. The van der Waals surface area contributed by atoms with Crippen LogP contribution in [0, 0.1) is 0 Å². The Kier molecular flexibility index (Phi) is 2.61. The fourth-order valence-electron chi connectivity index (χ4n) is 1.96. The van der Waals surface area contributed by atoms with Crippen LogP contribution >= 0.6 is 0 Å². The molecular formula is C11H10F3NO. The Labute approximate surface area is 90.5 Å². The molecule has 0 saturated heterocycles. The van der Waals surface area contributed by atoms with Crippen LogP contribution < -0.4 is 5.32 Å². The van der Waals surface area contributed by atoms with Crippen LogP contribution in [-0.2, 0) is 11.0 Å². The van der Waals surface area contributed by atoms with Gasteiger partial charge in [-0.15, -0.1) is 0 Å². The molecule has 2 rings (SSSR count). The van der Waals surface area contributed by atoms with Crippen molar-refractivity contribution in [2.24, 2.45) is 0 Å². The molecule has 5 heteroatoms. The molecule has 1 N–H and O–H groups in total. The first kappa shape index (κ1) is 11.0. The SMILES string of the molecule is O=CC1CCNc2c1cccc2C(F)(F)F. The van der Waals surface area contributed by atoms with Crippen molar-refractivity contribution in [3.8, 4) is 0 Å². The zero-order valence-corrected chi connectivity index (χ0v) is 8.34. The molecule has 1 aliphatic rings. The number of benzene rings is 1. The average molecular weight is 229 g/mol. The molecule has 0 bridgehead atoms. The highest BCUT2D eigenvalue weighted by Gasteiger charge is 2.36. The van der Waals surface area contributed by atoms with E-state index in [1.165, 1.54) is 6.07 Å². The van der Waals surface area contributed by atoms with Crippen molar-refractivity contribution in [2.45, 2.75) is 18.5 Å². The molecule has 0 radical (unpaired) electrons. The van der Waals surface area contributed by atoms with Crippen molar-refractivity contribution in [3.05, 3.63) is 29.3 Å². The largest absolute Gasteiger partial charge is 0.418 e. The van der Waals surface area contributed by atoms with Crippen LogP contribution in [0.2, 0.25) is 0 Å². The maximum Gasteiger partial charge on any atom is 0.418 e. The molecule has 1 atom stereocenters. The van der Waals surface area contributed by atoms with Crippen molar-refractivity contribution < 1.29 is 18.0 Å². The molecule has 2 nitrogen and oxygen atoms in total. The number of hydrogen-bond acceptors (Lipinski definition) is 2. The van der Waals surface area contributed by atoms with Gasteiger partial charge in [-0.05, 0) is 18.1 Å². The summed E-state index contributed by atoms with van der Waals surface area (Å²) < 4.78 is 38.0. The number of nitrogens with one attached hydrogen (secondary N) is 1. The van der Waals surface area contributed by atoms with Crippen molar-refractivity contribution in [1.29, 1.82) is 0 Å². The van der Waals surface area contributed by atoms with Gasteiger partial charge < -0.3 is 10.1 Å². The van der Waals surface area contributed by atoms with Gasteiger partial charge in [-0.2, -0.15) is 13.2 Å². The molecule has 1 aliphatic heterocycles. The normalized spacial score (nSPS) is 19.8. The van der Waals surface area contributed by atoms with Gasteiger partial charge in [0.25, 0.3) is 0 Å². The predicted octanol–water partition coefficient (Wildman–Crippen LogP) is 2.80. The number of aldehydes is 1. The highest BCUT2D eigenvalue weighted by Crippen LogP contribution is 2.40. The van der Waals surface area contributed by atoms with E-state index in [-0.39, 0.29) is 5.69 Å². The van der Waals surface area contributed by atoms with E-state index in [0.717, 1.165) is 6.07 Å². The van der Waals surface area contributed by atoms with Gasteiger partial charge in [-0.3, -0.25) is 0 Å². The van der Waals surface area contributed by atoms with E-state index >= 15 is 0 Å². The summed E-state index contributed by atoms with van der Waals surface area (Å²) in [5, 5.41) is 2.72. The first-order chi connectivity index (χ1) is 7.54. The van der Waals surface area contributed by atoms with E-state index in [1.807, 2.05) is 0 Å². The lowest BCUT2D eigenvalue weighted by Crippen LogP contribution is -2.21. The molecule has 1 aromatic carbocycles. The molecule has 0 amide bonds. The average Bonchev–Trinajstić information content (AvgIpc) is 2.26. The Hall–Kier alpha value is -1.52. The quantitative estimate of drug-likeness (QED) is 0.750. The molecule has 16 heavy (non-hydrogen) atoms. The number of rotatable bonds is 1. The second-order valence-corrected chi connectivity index (χ2v) is 3.73. The Morgan fingerprint density at radius 1 is 1.38 bits per heavy atom. The van der Waals surface area contributed by atoms with E-state index in [2.05, 4.69) is 5.32 Å². The summed E-state index contributed by atoms with van der Waals surface area (Å²) in [5.41, 5.74) is -0.203. The Morgan fingerprint density at radius 2 is 2.12 bits per heavy atom. The fraction of sp³-hybridized carbons (Fsp3) is 0.364. The van der Waals surface area contributed by atoms with Gasteiger partial charge in [-0.25, -0.2) is 0 Å². The van der Waals surface area contributed by atoms with Crippen LogP contribution in [-0.4, -0.2) is 12.8 Å². The van der Waals surface area contributed by atoms with Crippen LogP contribution in [0.25, 0.3) is 0 Å². The molecule has 0 fully saturated rings. The zero-order valence-electron chi connectivity index (χ0n) is 8.34. The van der Waals surface area contributed by atoms with Gasteiger partial charge in [0.2, 0.25) is 0 Å². The summed E-state index contributed by atoms with van der Waals surface area (Å²) in [6.45, 7) is 0.392. The molecule has 0 aromatic heterocycles. The van der Waals surface area contributed by atoms with Crippen molar-refractivity contribution in [1.82, 2.24) is 0 Å². The smallest absolute Gasteiger partial charge is 0.384 e. The van der Waals surface area contributed by atoms with Gasteiger partial charge in [0.15, 0.2) is 0 Å². The number of fused-ring (bicyclic) bond motifs is 1. The lowest BCUT2D eigenvalue weighted by Gasteiger charge is -2.26. The number of halogens is 3. The van der Waals surface area contributed by atoms with E-state index in [0.29, 0.717) is 24.8 Å². The van der Waals surface area contributed by atoms with Gasteiger partial charge in [-0.1, -0.05) is 12.1 Å². The van der Waals surface area contributed by atoms with Gasteiger partial charge in [0, 0.05) is 12.5 Å². The fourth-order valence-corrected chi connectivity index (χ4v) is 1.96. The second kappa shape index (κ2) is 3.81. The summed E-state index contributed by atoms with van der Waals surface area (Å²) in [7, 11) is 0. The summed E-state index contributed by atoms with van der Waals surface area (Å²) in [6, 6.07) is 3.93. The summed E-state index contributed by atoms with van der Waals surface area (Å²) in [5.74, 6) is -0.432. The zero-order chi connectivity index (χ0) is 11.8. The maximum absolute atomic E-state index is 12.7. The van der Waals surface area contributed by atoms with Crippen molar-refractivity contribution >= 4 is 12.0 Å². The van der Waals surface area contributed by atoms with Crippen LogP contribution in [0.3, 0.4) is 0 Å². The number of para-hydroxylation sites is 1. The van der Waals surface area contributed by atoms with Gasteiger partial charge >= 0.3 is 6.18 Å². The molecule has 1 aromatic rings. The number of hydrogen-bond donors (Lipinski definition) is 1. The lowest BCUT2D eigenvalue weighted by atomic mass is 9.90. The standard InChI is InChI=1S/C11H10F3NO/c12-11(13,14)9-3-1-2-8-7(6-16)4-5-15-10(8)9/h1-3,6-7,15H,4-5H2. The Morgan fingerprint density at radius 3 is 2.75 bits per heavy atom. The van der Waals surface area contributed by atoms with Crippen molar-refractivity contribution in [3.63, 3.8) is 0 Å². The number of carbonyl (C=O) groups is 1. The van der Waals surface area contributed by atoms with Crippen LogP contribution in [0.1, 0.15) is 23.5 Å². The first-order valence-electron chi connectivity index (χ1n) is 4.93. The molecular weight excluding hydrogens is 219 g/mol. The first-order valence-corrected chi connectivity index (χ1v) is 4.93.